The van der Waals surface area contributed by atoms with Crippen molar-refractivity contribution in [2.24, 2.45) is 0 Å². The van der Waals surface area contributed by atoms with Crippen molar-refractivity contribution in [3.63, 3.8) is 0 Å². The van der Waals surface area contributed by atoms with Crippen molar-refractivity contribution in [2.75, 3.05) is 14.2 Å². The Hall–Kier alpha value is -1.94. The van der Waals surface area contributed by atoms with Gasteiger partial charge in [-0.05, 0) is 42.3 Å². The molecule has 0 heterocycles. The molecule has 0 unspecified atom stereocenters. The summed E-state index contributed by atoms with van der Waals surface area (Å²) < 4.78 is 9.98. The Labute approximate surface area is 129 Å². The molecule has 4 heteroatoms. The van der Waals surface area contributed by atoms with Crippen LogP contribution in [0.25, 0.3) is 0 Å². The van der Waals surface area contributed by atoms with E-state index in [0.29, 0.717) is 5.56 Å². The summed E-state index contributed by atoms with van der Waals surface area (Å²) in [6, 6.07) is 13.7. The lowest BCUT2D eigenvalue weighted by atomic mass is 10.1. The van der Waals surface area contributed by atoms with E-state index in [4.69, 9.17) is 9.47 Å². The maximum absolute atomic E-state index is 11.8. The molecule has 0 aliphatic rings. The standard InChI is InChI=1S/C17H18O3S/c1-12-4-9-15(17(18)20-3)16(10-12)21-11-13-5-7-14(19-2)8-6-13/h4-10H,11H2,1-3H3. The van der Waals surface area contributed by atoms with Crippen molar-refractivity contribution < 1.29 is 14.3 Å². The average molecular weight is 302 g/mol. The summed E-state index contributed by atoms with van der Waals surface area (Å²) in [6.07, 6.45) is 0. The lowest BCUT2D eigenvalue weighted by Crippen LogP contribution is -2.03. The van der Waals surface area contributed by atoms with Crippen molar-refractivity contribution >= 4 is 17.7 Å². The van der Waals surface area contributed by atoms with Crippen LogP contribution in [-0.4, -0.2) is 20.2 Å². The van der Waals surface area contributed by atoms with Crippen LogP contribution in [0.2, 0.25) is 0 Å². The van der Waals surface area contributed by atoms with Crippen LogP contribution in [0.4, 0.5) is 0 Å². The van der Waals surface area contributed by atoms with Gasteiger partial charge in [-0.2, -0.15) is 0 Å². The summed E-state index contributed by atoms with van der Waals surface area (Å²) in [5, 5.41) is 0. The third kappa shape index (κ3) is 4.02. The fourth-order valence-corrected chi connectivity index (χ4v) is 3.00. The van der Waals surface area contributed by atoms with E-state index < -0.39 is 0 Å². The maximum Gasteiger partial charge on any atom is 0.338 e. The molecule has 0 fully saturated rings. The smallest absolute Gasteiger partial charge is 0.338 e. The summed E-state index contributed by atoms with van der Waals surface area (Å²) >= 11 is 1.63. The highest BCUT2D eigenvalue weighted by molar-refractivity contribution is 7.98. The second-order valence-corrected chi connectivity index (χ2v) is 5.65. The van der Waals surface area contributed by atoms with Gasteiger partial charge >= 0.3 is 5.97 Å². The summed E-state index contributed by atoms with van der Waals surface area (Å²) in [5.74, 6) is 1.33. The molecule has 0 saturated heterocycles. The normalized spacial score (nSPS) is 10.2. The van der Waals surface area contributed by atoms with Gasteiger partial charge in [0.1, 0.15) is 5.75 Å². The van der Waals surface area contributed by atoms with Crippen molar-refractivity contribution in [1.29, 1.82) is 0 Å². The molecule has 21 heavy (non-hydrogen) atoms. The molecule has 0 atom stereocenters. The highest BCUT2D eigenvalue weighted by atomic mass is 32.2. The predicted molar refractivity (Wildman–Crippen MR) is 85.1 cm³/mol. The Morgan fingerprint density at radius 3 is 2.43 bits per heavy atom. The zero-order valence-electron chi connectivity index (χ0n) is 12.4. The summed E-state index contributed by atoms with van der Waals surface area (Å²) in [7, 11) is 3.05. The summed E-state index contributed by atoms with van der Waals surface area (Å²) in [5.41, 5.74) is 2.92. The van der Waals surface area contributed by atoms with Gasteiger partial charge in [-0.3, -0.25) is 0 Å². The molecule has 0 aliphatic heterocycles. The van der Waals surface area contributed by atoms with E-state index >= 15 is 0 Å². The first-order valence-corrected chi connectivity index (χ1v) is 7.57. The first-order chi connectivity index (χ1) is 10.1. The van der Waals surface area contributed by atoms with Crippen molar-refractivity contribution in [3.05, 3.63) is 59.2 Å². The molecular formula is C17H18O3S. The van der Waals surface area contributed by atoms with E-state index in [0.717, 1.165) is 22.0 Å². The third-order valence-corrected chi connectivity index (χ3v) is 4.22. The number of aryl methyl sites for hydroxylation is 1. The fourth-order valence-electron chi connectivity index (χ4n) is 1.91. The Morgan fingerprint density at radius 2 is 1.81 bits per heavy atom. The number of benzene rings is 2. The third-order valence-electron chi connectivity index (χ3n) is 3.10. The molecule has 2 rings (SSSR count). The maximum atomic E-state index is 11.8. The highest BCUT2D eigenvalue weighted by Crippen LogP contribution is 2.28. The topological polar surface area (TPSA) is 35.5 Å². The number of methoxy groups -OCH3 is 2. The molecule has 0 bridgehead atoms. The first-order valence-electron chi connectivity index (χ1n) is 6.58. The lowest BCUT2D eigenvalue weighted by Gasteiger charge is -2.09. The number of ether oxygens (including phenoxy) is 2. The van der Waals surface area contributed by atoms with Gasteiger partial charge in [0.05, 0.1) is 19.8 Å². The van der Waals surface area contributed by atoms with E-state index in [1.807, 2.05) is 49.4 Å². The van der Waals surface area contributed by atoms with Gasteiger partial charge < -0.3 is 9.47 Å². The molecule has 0 aromatic heterocycles. The molecule has 0 aliphatic carbocycles. The number of hydrogen-bond donors (Lipinski definition) is 0. The minimum Gasteiger partial charge on any atom is -0.497 e. The number of thioether (sulfide) groups is 1. The van der Waals surface area contributed by atoms with Gasteiger partial charge in [0.15, 0.2) is 0 Å². The van der Waals surface area contributed by atoms with Crippen LogP contribution < -0.4 is 4.74 Å². The van der Waals surface area contributed by atoms with Crippen LogP contribution in [0.1, 0.15) is 21.5 Å². The van der Waals surface area contributed by atoms with E-state index in [-0.39, 0.29) is 5.97 Å². The molecule has 3 nitrogen and oxygen atoms in total. The number of esters is 1. The van der Waals surface area contributed by atoms with Crippen LogP contribution in [0.5, 0.6) is 5.75 Å². The van der Waals surface area contributed by atoms with Crippen LogP contribution in [0.15, 0.2) is 47.4 Å². The second kappa shape index (κ2) is 7.18. The molecular weight excluding hydrogens is 284 g/mol. The highest BCUT2D eigenvalue weighted by Gasteiger charge is 2.12. The Kier molecular flexibility index (Phi) is 5.28. The number of rotatable bonds is 5. The molecule has 0 saturated carbocycles. The largest absolute Gasteiger partial charge is 0.497 e. The Morgan fingerprint density at radius 1 is 1.10 bits per heavy atom. The van der Waals surface area contributed by atoms with Gasteiger partial charge in [0.25, 0.3) is 0 Å². The fraction of sp³-hybridized carbons (Fsp3) is 0.235. The van der Waals surface area contributed by atoms with Gasteiger partial charge in [0, 0.05) is 10.6 Å². The van der Waals surface area contributed by atoms with Crippen LogP contribution in [0, 0.1) is 6.92 Å². The quantitative estimate of drug-likeness (QED) is 0.616. The molecule has 2 aromatic carbocycles. The SMILES string of the molecule is COC(=O)c1ccc(C)cc1SCc1ccc(OC)cc1. The first kappa shape index (κ1) is 15.4. The zero-order valence-corrected chi connectivity index (χ0v) is 13.2. The van der Waals surface area contributed by atoms with E-state index in [2.05, 4.69) is 0 Å². The van der Waals surface area contributed by atoms with Crippen molar-refractivity contribution in [3.8, 4) is 5.75 Å². The van der Waals surface area contributed by atoms with Gasteiger partial charge in [-0.15, -0.1) is 11.8 Å². The summed E-state index contributed by atoms with van der Waals surface area (Å²) in [4.78, 5) is 12.7. The average Bonchev–Trinajstić information content (AvgIpc) is 2.52. The van der Waals surface area contributed by atoms with Gasteiger partial charge in [-0.1, -0.05) is 18.2 Å². The number of hydrogen-bond acceptors (Lipinski definition) is 4. The molecule has 0 N–H and O–H groups in total. The minimum absolute atomic E-state index is 0.299. The second-order valence-electron chi connectivity index (χ2n) is 4.63. The molecule has 0 spiro atoms. The van der Waals surface area contributed by atoms with Gasteiger partial charge in [-0.25, -0.2) is 4.79 Å². The van der Waals surface area contributed by atoms with Gasteiger partial charge in [0.2, 0.25) is 0 Å². The van der Waals surface area contributed by atoms with Crippen molar-refractivity contribution in [1.82, 2.24) is 0 Å². The minimum atomic E-state index is -0.299. The molecule has 110 valence electrons. The number of carbonyl (C=O) groups is 1. The Bertz CT molecular complexity index is 620. The summed E-state index contributed by atoms with van der Waals surface area (Å²) in [6.45, 7) is 2.01. The van der Waals surface area contributed by atoms with E-state index in [9.17, 15) is 4.79 Å². The monoisotopic (exact) mass is 302 g/mol. The van der Waals surface area contributed by atoms with E-state index in [1.165, 1.54) is 12.7 Å². The van der Waals surface area contributed by atoms with Crippen LogP contribution >= 0.6 is 11.8 Å². The Balaban J connectivity index is 2.14. The van der Waals surface area contributed by atoms with Crippen molar-refractivity contribution in [2.45, 2.75) is 17.6 Å². The van der Waals surface area contributed by atoms with Crippen LogP contribution in [-0.2, 0) is 10.5 Å². The molecule has 0 amide bonds. The number of carbonyl (C=O) groups excluding carboxylic acids is 1. The van der Waals surface area contributed by atoms with Crippen LogP contribution in [0.3, 0.4) is 0 Å². The lowest BCUT2D eigenvalue weighted by molar-refractivity contribution is 0.0597. The molecule has 0 radical (unpaired) electrons. The zero-order chi connectivity index (χ0) is 15.2. The molecule has 2 aromatic rings. The predicted octanol–water partition coefficient (Wildman–Crippen LogP) is 4.08. The van der Waals surface area contributed by atoms with E-state index in [1.54, 1.807) is 18.9 Å².